The van der Waals surface area contributed by atoms with Gasteiger partial charge in [0.1, 0.15) is 0 Å². The van der Waals surface area contributed by atoms with Crippen molar-refractivity contribution in [2.45, 2.75) is 0 Å². The van der Waals surface area contributed by atoms with Gasteiger partial charge < -0.3 is 0 Å². The first kappa shape index (κ1) is 12.8. The van der Waals surface area contributed by atoms with Gasteiger partial charge in [-0.3, -0.25) is 10.1 Å². The fraction of sp³-hybridized carbons (Fsp3) is 0.200. The van der Waals surface area contributed by atoms with Crippen LogP contribution >= 0.6 is 0 Å². The van der Waals surface area contributed by atoms with E-state index in [2.05, 4.69) is 48.6 Å². The first-order chi connectivity index (χ1) is 11.3. The molecular formula is C20H15NO2. The lowest BCUT2D eigenvalue weighted by Gasteiger charge is -2.48. The molecule has 5 aliphatic rings. The summed E-state index contributed by atoms with van der Waals surface area (Å²) in [5.74, 6) is 1.01. The van der Waals surface area contributed by atoms with Gasteiger partial charge in [-0.05, 0) is 28.6 Å². The molecule has 0 saturated heterocycles. The highest BCUT2D eigenvalue weighted by Crippen LogP contribution is 2.57. The van der Waals surface area contributed by atoms with Gasteiger partial charge in [0.2, 0.25) is 0 Å². The summed E-state index contributed by atoms with van der Waals surface area (Å²) in [6.45, 7) is 0. The standard InChI is InChI=1S/C20H15NO2/c22-21(23)17-11-10-13-6-2-8-15-14-7-1-4-12-5-3-9-16(18(12)14)20(17)19(13)15/h1-11,14-15,18-19H. The van der Waals surface area contributed by atoms with Crippen LogP contribution in [0.3, 0.4) is 0 Å². The van der Waals surface area contributed by atoms with E-state index in [1.807, 2.05) is 12.2 Å². The summed E-state index contributed by atoms with van der Waals surface area (Å²) in [6.07, 6.45) is 22.8. The van der Waals surface area contributed by atoms with Gasteiger partial charge in [0.25, 0.3) is 5.70 Å². The minimum Gasteiger partial charge on any atom is -0.258 e. The van der Waals surface area contributed by atoms with Crippen LogP contribution in [0.2, 0.25) is 0 Å². The predicted molar refractivity (Wildman–Crippen MR) is 88.8 cm³/mol. The highest BCUT2D eigenvalue weighted by Gasteiger charge is 2.49. The molecule has 0 aromatic heterocycles. The molecule has 3 heteroatoms. The smallest absolute Gasteiger partial charge is 0.258 e. The van der Waals surface area contributed by atoms with Gasteiger partial charge in [0.05, 0.1) is 4.92 Å². The Kier molecular flexibility index (Phi) is 2.46. The molecule has 5 aliphatic carbocycles. The summed E-state index contributed by atoms with van der Waals surface area (Å²) in [5.41, 5.74) is 4.78. The second-order valence-electron chi connectivity index (χ2n) is 6.58. The van der Waals surface area contributed by atoms with Crippen molar-refractivity contribution < 1.29 is 4.92 Å². The Morgan fingerprint density at radius 1 is 0.826 bits per heavy atom. The SMILES string of the molecule is O=[N+]([O-])C1=C2C3=CC=CC4=CC=CC(C43)C3C=CC=C(C=C1)C23. The molecule has 3 nitrogen and oxygen atoms in total. The minimum atomic E-state index is -0.223. The summed E-state index contributed by atoms with van der Waals surface area (Å²) in [6, 6.07) is 0. The normalized spacial score (nSPS) is 35.2. The third-order valence-corrected chi connectivity index (χ3v) is 5.60. The summed E-state index contributed by atoms with van der Waals surface area (Å²) in [7, 11) is 0. The molecule has 5 rings (SSSR count). The third-order valence-electron chi connectivity index (χ3n) is 5.60. The molecule has 112 valence electrons. The maximum absolute atomic E-state index is 11.6. The van der Waals surface area contributed by atoms with E-state index in [-0.39, 0.29) is 22.5 Å². The summed E-state index contributed by atoms with van der Waals surface area (Å²) >= 11 is 0. The molecule has 0 aromatic carbocycles. The zero-order valence-electron chi connectivity index (χ0n) is 12.4. The fourth-order valence-electron chi connectivity index (χ4n) is 4.76. The van der Waals surface area contributed by atoms with E-state index in [0.717, 1.165) is 11.1 Å². The molecule has 0 amide bonds. The van der Waals surface area contributed by atoms with Crippen molar-refractivity contribution >= 4 is 0 Å². The van der Waals surface area contributed by atoms with Crippen LogP contribution in [-0.4, -0.2) is 4.92 Å². The number of fused-ring (bicyclic) bond motifs is 2. The van der Waals surface area contributed by atoms with Gasteiger partial charge in [0, 0.05) is 23.5 Å². The van der Waals surface area contributed by atoms with Gasteiger partial charge in [-0.25, -0.2) is 0 Å². The van der Waals surface area contributed by atoms with Crippen molar-refractivity contribution in [3.05, 3.63) is 105 Å². The molecule has 0 radical (unpaired) electrons. The second-order valence-corrected chi connectivity index (χ2v) is 6.58. The lowest BCUT2D eigenvalue weighted by atomic mass is 9.54. The molecule has 0 N–H and O–H groups in total. The Bertz CT molecular complexity index is 873. The number of nitrogens with zero attached hydrogens (tertiary/aromatic N) is 1. The molecule has 4 unspecified atom stereocenters. The number of rotatable bonds is 1. The van der Waals surface area contributed by atoms with Crippen LogP contribution < -0.4 is 0 Å². The molecule has 0 bridgehead atoms. The van der Waals surface area contributed by atoms with Crippen molar-refractivity contribution in [3.63, 3.8) is 0 Å². The van der Waals surface area contributed by atoms with Crippen LogP contribution in [0.5, 0.6) is 0 Å². The van der Waals surface area contributed by atoms with E-state index < -0.39 is 0 Å². The first-order valence-corrected chi connectivity index (χ1v) is 7.98. The van der Waals surface area contributed by atoms with Crippen LogP contribution in [-0.2, 0) is 0 Å². The summed E-state index contributed by atoms with van der Waals surface area (Å²) < 4.78 is 0. The number of hydrogen-bond donors (Lipinski definition) is 0. The lowest BCUT2D eigenvalue weighted by molar-refractivity contribution is -0.420. The van der Waals surface area contributed by atoms with Gasteiger partial charge in [-0.2, -0.15) is 0 Å². The quantitative estimate of drug-likeness (QED) is 0.541. The van der Waals surface area contributed by atoms with E-state index in [9.17, 15) is 10.1 Å². The van der Waals surface area contributed by atoms with Crippen LogP contribution in [0.25, 0.3) is 0 Å². The minimum absolute atomic E-state index is 0.105. The van der Waals surface area contributed by atoms with Gasteiger partial charge in [-0.1, -0.05) is 60.8 Å². The van der Waals surface area contributed by atoms with Crippen LogP contribution in [0.1, 0.15) is 0 Å². The molecule has 0 aliphatic heterocycles. The largest absolute Gasteiger partial charge is 0.273 e. The van der Waals surface area contributed by atoms with Crippen molar-refractivity contribution in [1.29, 1.82) is 0 Å². The van der Waals surface area contributed by atoms with Gasteiger partial charge in [0.15, 0.2) is 0 Å². The van der Waals surface area contributed by atoms with Gasteiger partial charge >= 0.3 is 0 Å². The maximum atomic E-state index is 11.6. The Balaban J connectivity index is 1.82. The predicted octanol–water partition coefficient (Wildman–Crippen LogP) is 4.05. The molecule has 4 atom stereocenters. The zero-order valence-corrected chi connectivity index (χ0v) is 12.4. The van der Waals surface area contributed by atoms with E-state index in [1.54, 1.807) is 6.08 Å². The molecule has 0 heterocycles. The van der Waals surface area contributed by atoms with E-state index in [0.29, 0.717) is 11.8 Å². The first-order valence-electron chi connectivity index (χ1n) is 7.98. The van der Waals surface area contributed by atoms with Crippen LogP contribution in [0, 0.1) is 33.8 Å². The molecule has 0 spiro atoms. The van der Waals surface area contributed by atoms with E-state index >= 15 is 0 Å². The number of allylic oxidation sites excluding steroid dienone is 15. The van der Waals surface area contributed by atoms with Crippen molar-refractivity contribution in [3.8, 4) is 0 Å². The van der Waals surface area contributed by atoms with Gasteiger partial charge in [-0.15, -0.1) is 0 Å². The summed E-state index contributed by atoms with van der Waals surface area (Å²) in [4.78, 5) is 11.4. The highest BCUT2D eigenvalue weighted by atomic mass is 16.6. The third kappa shape index (κ3) is 1.59. The molecule has 23 heavy (non-hydrogen) atoms. The van der Waals surface area contributed by atoms with Crippen molar-refractivity contribution in [2.75, 3.05) is 0 Å². The lowest BCUT2D eigenvalue weighted by Crippen LogP contribution is -2.41. The van der Waals surface area contributed by atoms with Crippen molar-refractivity contribution in [2.24, 2.45) is 23.7 Å². The molecule has 1 saturated carbocycles. The van der Waals surface area contributed by atoms with Crippen molar-refractivity contribution in [1.82, 2.24) is 0 Å². The Morgan fingerprint density at radius 2 is 1.52 bits per heavy atom. The Labute approximate surface area is 134 Å². The molecule has 1 fully saturated rings. The number of nitro groups is 1. The molecular weight excluding hydrogens is 286 g/mol. The second kappa shape index (κ2) is 4.42. The van der Waals surface area contributed by atoms with Crippen LogP contribution in [0.4, 0.5) is 0 Å². The average molecular weight is 301 g/mol. The number of hydrogen-bond acceptors (Lipinski definition) is 2. The summed E-state index contributed by atoms with van der Waals surface area (Å²) in [5, 5.41) is 11.6. The highest BCUT2D eigenvalue weighted by molar-refractivity contribution is 5.61. The Hall–Kier alpha value is -2.68. The van der Waals surface area contributed by atoms with Crippen LogP contribution in [0.15, 0.2) is 94.8 Å². The Morgan fingerprint density at radius 3 is 2.26 bits per heavy atom. The molecule has 0 aromatic rings. The average Bonchev–Trinajstić information content (AvgIpc) is 2.58. The fourth-order valence-corrected chi connectivity index (χ4v) is 4.76. The van der Waals surface area contributed by atoms with E-state index in [1.165, 1.54) is 11.1 Å². The zero-order chi connectivity index (χ0) is 15.6. The van der Waals surface area contributed by atoms with E-state index in [4.69, 9.17) is 0 Å². The maximum Gasteiger partial charge on any atom is 0.273 e. The monoisotopic (exact) mass is 301 g/mol. The topological polar surface area (TPSA) is 43.1 Å².